The van der Waals surface area contributed by atoms with Gasteiger partial charge in [-0.05, 0) is 16.7 Å². The lowest BCUT2D eigenvalue weighted by molar-refractivity contribution is -0.127. The molecular formula is C24H24N2O3S. The predicted molar refractivity (Wildman–Crippen MR) is 120 cm³/mol. The molecular weight excluding hydrogens is 396 g/mol. The molecule has 0 aliphatic carbocycles. The largest absolute Gasteiger partial charge is 0.435 e. The SMILES string of the molecule is CNC(=O)C(CSC(c1ccccc1)(c1ccccc1)c1ccccc1)OC(N)=O. The van der Waals surface area contributed by atoms with E-state index < -0.39 is 22.9 Å². The fourth-order valence-corrected chi connectivity index (χ4v) is 4.96. The number of primary amides is 1. The molecule has 5 nitrogen and oxygen atoms in total. The van der Waals surface area contributed by atoms with Crippen LogP contribution in [-0.4, -0.2) is 30.9 Å². The van der Waals surface area contributed by atoms with Crippen molar-refractivity contribution < 1.29 is 14.3 Å². The van der Waals surface area contributed by atoms with Gasteiger partial charge in [-0.1, -0.05) is 91.0 Å². The number of hydrogen-bond acceptors (Lipinski definition) is 4. The maximum absolute atomic E-state index is 12.3. The number of likely N-dealkylation sites (N-methyl/N-ethyl adjacent to an activating group) is 1. The van der Waals surface area contributed by atoms with E-state index in [1.54, 1.807) is 0 Å². The lowest BCUT2D eigenvalue weighted by Crippen LogP contribution is -2.40. The first-order chi connectivity index (χ1) is 14.6. The summed E-state index contributed by atoms with van der Waals surface area (Å²) in [6.07, 6.45) is -1.98. The number of rotatable bonds is 8. The summed E-state index contributed by atoms with van der Waals surface area (Å²) >= 11 is 1.53. The van der Waals surface area contributed by atoms with Gasteiger partial charge in [0.2, 0.25) is 0 Å². The van der Waals surface area contributed by atoms with Gasteiger partial charge >= 0.3 is 6.09 Å². The quantitative estimate of drug-likeness (QED) is 0.541. The normalized spacial score (nSPS) is 12.0. The Morgan fingerprint density at radius 3 is 1.60 bits per heavy atom. The number of hydrogen-bond donors (Lipinski definition) is 2. The molecule has 0 aliphatic rings. The molecule has 3 aromatic rings. The molecule has 0 heterocycles. The number of thioether (sulfide) groups is 1. The Hall–Kier alpha value is -3.25. The summed E-state index contributed by atoms with van der Waals surface area (Å²) in [5.41, 5.74) is 8.38. The zero-order valence-corrected chi connectivity index (χ0v) is 17.5. The van der Waals surface area contributed by atoms with Crippen molar-refractivity contribution in [3.8, 4) is 0 Å². The van der Waals surface area contributed by atoms with Gasteiger partial charge in [0, 0.05) is 12.8 Å². The molecule has 30 heavy (non-hydrogen) atoms. The van der Waals surface area contributed by atoms with E-state index >= 15 is 0 Å². The van der Waals surface area contributed by atoms with E-state index in [-0.39, 0.29) is 5.75 Å². The molecule has 6 heteroatoms. The fourth-order valence-electron chi connectivity index (χ4n) is 3.43. The Morgan fingerprint density at radius 2 is 1.27 bits per heavy atom. The molecule has 1 unspecified atom stereocenters. The molecule has 3 rings (SSSR count). The van der Waals surface area contributed by atoms with Crippen LogP contribution in [-0.2, 0) is 14.3 Å². The van der Waals surface area contributed by atoms with Crippen LogP contribution in [0.4, 0.5) is 4.79 Å². The van der Waals surface area contributed by atoms with Crippen LogP contribution in [0, 0.1) is 0 Å². The number of carbonyl (C=O) groups is 2. The van der Waals surface area contributed by atoms with Gasteiger partial charge in [0.15, 0.2) is 6.10 Å². The predicted octanol–water partition coefficient (Wildman–Crippen LogP) is 3.92. The van der Waals surface area contributed by atoms with Crippen LogP contribution in [0.2, 0.25) is 0 Å². The monoisotopic (exact) mass is 420 g/mol. The molecule has 3 aromatic carbocycles. The highest BCUT2D eigenvalue weighted by molar-refractivity contribution is 8.00. The molecule has 0 aliphatic heterocycles. The Labute approximate surface area is 180 Å². The maximum atomic E-state index is 12.3. The van der Waals surface area contributed by atoms with Gasteiger partial charge in [0.1, 0.15) is 0 Å². The van der Waals surface area contributed by atoms with Crippen LogP contribution < -0.4 is 11.1 Å². The van der Waals surface area contributed by atoms with Gasteiger partial charge in [0.05, 0.1) is 4.75 Å². The summed E-state index contributed by atoms with van der Waals surface area (Å²) in [5, 5.41) is 2.54. The minimum atomic E-state index is -1.01. The van der Waals surface area contributed by atoms with Crippen LogP contribution in [0.1, 0.15) is 16.7 Å². The number of ether oxygens (including phenoxy) is 1. The van der Waals surface area contributed by atoms with E-state index in [0.29, 0.717) is 0 Å². The van der Waals surface area contributed by atoms with Crippen molar-refractivity contribution >= 4 is 23.8 Å². The lowest BCUT2D eigenvalue weighted by atomic mass is 9.84. The van der Waals surface area contributed by atoms with E-state index in [9.17, 15) is 9.59 Å². The fraction of sp³-hybridized carbons (Fsp3) is 0.167. The van der Waals surface area contributed by atoms with Gasteiger partial charge in [0.25, 0.3) is 5.91 Å². The molecule has 0 aromatic heterocycles. The first-order valence-electron chi connectivity index (χ1n) is 9.56. The third-order valence-electron chi connectivity index (χ3n) is 4.79. The number of carbonyl (C=O) groups excluding carboxylic acids is 2. The van der Waals surface area contributed by atoms with Crippen molar-refractivity contribution in [2.75, 3.05) is 12.8 Å². The van der Waals surface area contributed by atoms with Crippen molar-refractivity contribution in [3.63, 3.8) is 0 Å². The standard InChI is InChI=1S/C24H24N2O3S/c1-26-22(27)21(29-23(25)28)17-30-24(18-11-5-2-6-12-18,19-13-7-3-8-14-19)20-15-9-4-10-16-20/h2-16,21H,17H2,1H3,(H2,25,28)(H,26,27). The zero-order chi connectivity index (χ0) is 21.4. The summed E-state index contributed by atoms with van der Waals surface area (Å²) in [7, 11) is 1.50. The third-order valence-corrected chi connectivity index (χ3v) is 6.40. The molecule has 0 bridgehead atoms. The van der Waals surface area contributed by atoms with Crippen molar-refractivity contribution in [1.29, 1.82) is 0 Å². The van der Waals surface area contributed by atoms with Crippen molar-refractivity contribution in [1.82, 2.24) is 5.32 Å². The van der Waals surface area contributed by atoms with E-state index in [0.717, 1.165) is 16.7 Å². The highest BCUT2D eigenvalue weighted by Crippen LogP contribution is 2.48. The van der Waals surface area contributed by atoms with E-state index in [1.165, 1.54) is 18.8 Å². The molecule has 3 N–H and O–H groups in total. The highest BCUT2D eigenvalue weighted by Gasteiger charge is 2.38. The number of benzene rings is 3. The Balaban J connectivity index is 2.13. The summed E-state index contributed by atoms with van der Waals surface area (Å²) < 4.78 is 4.50. The van der Waals surface area contributed by atoms with Crippen LogP contribution in [0.3, 0.4) is 0 Å². The topological polar surface area (TPSA) is 81.4 Å². The van der Waals surface area contributed by atoms with Crippen molar-refractivity contribution in [2.24, 2.45) is 5.73 Å². The summed E-state index contributed by atoms with van der Waals surface area (Å²) in [4.78, 5) is 23.7. The smallest absolute Gasteiger partial charge is 0.405 e. The van der Waals surface area contributed by atoms with Crippen molar-refractivity contribution in [3.05, 3.63) is 108 Å². The second kappa shape index (κ2) is 9.98. The lowest BCUT2D eigenvalue weighted by Gasteiger charge is -2.36. The summed E-state index contributed by atoms with van der Waals surface area (Å²) in [5.74, 6) is -0.175. The molecule has 0 saturated carbocycles. The second-order valence-electron chi connectivity index (χ2n) is 6.63. The Bertz CT molecular complexity index is 869. The molecule has 154 valence electrons. The zero-order valence-electron chi connectivity index (χ0n) is 16.7. The molecule has 1 atom stereocenters. The first kappa shape index (κ1) is 21.5. The van der Waals surface area contributed by atoms with E-state index in [1.807, 2.05) is 54.6 Å². The van der Waals surface area contributed by atoms with Gasteiger partial charge in [-0.2, -0.15) is 0 Å². The molecule has 2 amide bonds. The van der Waals surface area contributed by atoms with E-state index in [4.69, 9.17) is 10.5 Å². The average molecular weight is 421 g/mol. The van der Waals surface area contributed by atoms with Crippen LogP contribution in [0.5, 0.6) is 0 Å². The van der Waals surface area contributed by atoms with Gasteiger partial charge < -0.3 is 15.8 Å². The van der Waals surface area contributed by atoms with E-state index in [2.05, 4.69) is 41.7 Å². The molecule has 0 spiro atoms. The van der Waals surface area contributed by atoms with Gasteiger partial charge in [-0.3, -0.25) is 4.79 Å². The average Bonchev–Trinajstić information content (AvgIpc) is 2.80. The number of nitrogens with two attached hydrogens (primary N) is 1. The minimum Gasteiger partial charge on any atom is -0.435 e. The Kier molecular flexibility index (Phi) is 7.14. The number of amides is 2. The van der Waals surface area contributed by atoms with Gasteiger partial charge in [-0.25, -0.2) is 4.79 Å². The highest BCUT2D eigenvalue weighted by atomic mass is 32.2. The molecule has 0 saturated heterocycles. The van der Waals surface area contributed by atoms with Gasteiger partial charge in [-0.15, -0.1) is 11.8 Å². The summed E-state index contributed by atoms with van der Waals surface area (Å²) in [6.45, 7) is 0. The summed E-state index contributed by atoms with van der Waals surface area (Å²) in [6, 6.07) is 30.3. The Morgan fingerprint density at radius 1 is 0.867 bits per heavy atom. The number of nitrogens with one attached hydrogen (secondary N) is 1. The second-order valence-corrected chi connectivity index (χ2v) is 7.86. The molecule has 0 fully saturated rings. The van der Waals surface area contributed by atoms with Crippen LogP contribution in [0.25, 0.3) is 0 Å². The van der Waals surface area contributed by atoms with Crippen LogP contribution in [0.15, 0.2) is 91.0 Å². The third kappa shape index (κ3) is 4.66. The van der Waals surface area contributed by atoms with Crippen LogP contribution >= 0.6 is 11.8 Å². The first-order valence-corrected chi connectivity index (χ1v) is 10.5. The van der Waals surface area contributed by atoms with Crippen molar-refractivity contribution in [2.45, 2.75) is 10.9 Å². The minimum absolute atomic E-state index is 0.224. The molecule has 0 radical (unpaired) electrons. The maximum Gasteiger partial charge on any atom is 0.405 e.